The summed E-state index contributed by atoms with van der Waals surface area (Å²) in [7, 11) is 0. The van der Waals surface area contributed by atoms with Crippen molar-refractivity contribution in [2.24, 2.45) is 4.99 Å². The molecule has 0 saturated carbocycles. The number of rotatable bonds is 6. The molecule has 0 amide bonds. The minimum atomic E-state index is -0.256. The molecule has 26 heavy (non-hydrogen) atoms. The lowest BCUT2D eigenvalue weighted by molar-refractivity contribution is 0.188. The number of likely N-dealkylation sites (tertiary alicyclic amines) is 1. The van der Waals surface area contributed by atoms with Crippen LogP contribution in [0.1, 0.15) is 24.5 Å². The fourth-order valence-corrected chi connectivity index (χ4v) is 3.00. The Bertz CT molecular complexity index is 718. The van der Waals surface area contributed by atoms with Gasteiger partial charge < -0.3 is 20.1 Å². The van der Waals surface area contributed by atoms with Crippen molar-refractivity contribution in [3.63, 3.8) is 0 Å². The molecule has 0 spiro atoms. The van der Waals surface area contributed by atoms with Crippen LogP contribution in [0.25, 0.3) is 0 Å². The molecule has 5 heteroatoms. The lowest BCUT2D eigenvalue weighted by Crippen LogP contribution is -2.40. The van der Waals surface area contributed by atoms with Crippen LogP contribution in [0.3, 0.4) is 0 Å². The fourth-order valence-electron chi connectivity index (χ4n) is 3.00. The van der Waals surface area contributed by atoms with Gasteiger partial charge in [-0.25, -0.2) is 4.99 Å². The number of ether oxygens (including phenoxy) is 1. The standard InChI is InChI=1S/C21H27N3O2/c1-2-22-21(24-12-11-19(25)15-24)23-14-18-9-6-10-20(13-18)26-16-17-7-4-3-5-8-17/h3-10,13,19,25H,2,11-12,14-16H2,1H3,(H,22,23)/t19-/m1/s1. The van der Waals surface area contributed by atoms with Gasteiger partial charge in [-0.1, -0.05) is 42.5 Å². The van der Waals surface area contributed by atoms with Gasteiger partial charge in [0.15, 0.2) is 5.96 Å². The Morgan fingerprint density at radius 2 is 2.00 bits per heavy atom. The van der Waals surface area contributed by atoms with Crippen molar-refractivity contribution in [1.82, 2.24) is 10.2 Å². The van der Waals surface area contributed by atoms with E-state index in [2.05, 4.69) is 35.3 Å². The van der Waals surface area contributed by atoms with Crippen LogP contribution in [0.5, 0.6) is 5.75 Å². The van der Waals surface area contributed by atoms with Crippen molar-refractivity contribution < 1.29 is 9.84 Å². The Hall–Kier alpha value is -2.53. The first-order valence-corrected chi connectivity index (χ1v) is 9.21. The number of guanidine groups is 1. The molecule has 1 saturated heterocycles. The van der Waals surface area contributed by atoms with Crippen molar-refractivity contribution in [2.45, 2.75) is 32.6 Å². The van der Waals surface area contributed by atoms with Crippen LogP contribution < -0.4 is 10.1 Å². The Morgan fingerprint density at radius 1 is 1.19 bits per heavy atom. The zero-order valence-electron chi connectivity index (χ0n) is 15.3. The summed E-state index contributed by atoms with van der Waals surface area (Å²) in [4.78, 5) is 6.84. The number of nitrogens with zero attached hydrogens (tertiary/aromatic N) is 2. The fraction of sp³-hybridized carbons (Fsp3) is 0.381. The van der Waals surface area contributed by atoms with Gasteiger partial charge in [-0.2, -0.15) is 0 Å². The number of β-amino-alcohol motifs (C(OH)–C–C–N with tert-alkyl or cyclic N) is 1. The molecule has 1 heterocycles. The van der Waals surface area contributed by atoms with Gasteiger partial charge in [0.1, 0.15) is 12.4 Å². The zero-order chi connectivity index (χ0) is 18.2. The molecule has 1 aliphatic heterocycles. The highest BCUT2D eigenvalue weighted by Crippen LogP contribution is 2.16. The van der Waals surface area contributed by atoms with Crippen molar-refractivity contribution >= 4 is 5.96 Å². The van der Waals surface area contributed by atoms with Crippen LogP contribution in [0.15, 0.2) is 59.6 Å². The third kappa shape index (κ3) is 5.23. The molecule has 0 radical (unpaired) electrons. The highest BCUT2D eigenvalue weighted by molar-refractivity contribution is 5.80. The van der Waals surface area contributed by atoms with Gasteiger partial charge in [0, 0.05) is 19.6 Å². The molecule has 1 atom stereocenters. The lowest BCUT2D eigenvalue weighted by atomic mass is 10.2. The van der Waals surface area contributed by atoms with E-state index in [4.69, 9.17) is 9.73 Å². The normalized spacial score (nSPS) is 17.4. The second-order valence-corrected chi connectivity index (χ2v) is 6.48. The van der Waals surface area contributed by atoms with Gasteiger partial charge >= 0.3 is 0 Å². The van der Waals surface area contributed by atoms with Crippen LogP contribution >= 0.6 is 0 Å². The van der Waals surface area contributed by atoms with Crippen molar-refractivity contribution in [1.29, 1.82) is 0 Å². The average molecular weight is 353 g/mol. The van der Waals surface area contributed by atoms with Crippen LogP contribution in [0, 0.1) is 0 Å². The van der Waals surface area contributed by atoms with E-state index in [1.54, 1.807) is 0 Å². The van der Waals surface area contributed by atoms with E-state index < -0.39 is 0 Å². The summed E-state index contributed by atoms with van der Waals surface area (Å²) in [6.45, 7) is 5.49. The number of hydrogen-bond acceptors (Lipinski definition) is 3. The second-order valence-electron chi connectivity index (χ2n) is 6.48. The quantitative estimate of drug-likeness (QED) is 0.619. The molecular formula is C21H27N3O2. The maximum Gasteiger partial charge on any atom is 0.194 e. The smallest absolute Gasteiger partial charge is 0.194 e. The summed E-state index contributed by atoms with van der Waals surface area (Å²) >= 11 is 0. The molecule has 3 rings (SSSR count). The Balaban J connectivity index is 1.61. The van der Waals surface area contributed by atoms with Gasteiger partial charge in [-0.15, -0.1) is 0 Å². The number of hydrogen-bond donors (Lipinski definition) is 2. The Kier molecular flexibility index (Phi) is 6.50. The number of aliphatic hydroxyl groups excluding tert-OH is 1. The van der Waals surface area contributed by atoms with Gasteiger partial charge in [0.25, 0.3) is 0 Å². The minimum absolute atomic E-state index is 0.256. The summed E-state index contributed by atoms with van der Waals surface area (Å²) in [6.07, 6.45) is 0.543. The molecular weight excluding hydrogens is 326 g/mol. The summed E-state index contributed by atoms with van der Waals surface area (Å²) in [5.74, 6) is 1.71. The first-order chi connectivity index (χ1) is 12.7. The van der Waals surface area contributed by atoms with Crippen LogP contribution in [0.2, 0.25) is 0 Å². The maximum atomic E-state index is 9.75. The molecule has 1 aliphatic rings. The summed E-state index contributed by atoms with van der Waals surface area (Å²) < 4.78 is 5.89. The van der Waals surface area contributed by atoms with E-state index in [0.717, 1.165) is 42.3 Å². The van der Waals surface area contributed by atoms with Gasteiger partial charge in [-0.05, 0) is 36.6 Å². The number of benzene rings is 2. The maximum absolute atomic E-state index is 9.75. The minimum Gasteiger partial charge on any atom is -0.489 e. The van der Waals surface area contributed by atoms with Crippen molar-refractivity contribution in [3.8, 4) is 5.75 Å². The van der Waals surface area contributed by atoms with E-state index in [1.165, 1.54) is 0 Å². The van der Waals surface area contributed by atoms with Gasteiger partial charge in [0.2, 0.25) is 0 Å². The molecule has 2 aromatic carbocycles. The molecule has 5 nitrogen and oxygen atoms in total. The van der Waals surface area contributed by atoms with Crippen molar-refractivity contribution in [3.05, 3.63) is 65.7 Å². The van der Waals surface area contributed by atoms with E-state index in [-0.39, 0.29) is 6.10 Å². The Morgan fingerprint density at radius 3 is 2.73 bits per heavy atom. The third-order valence-corrected chi connectivity index (χ3v) is 4.36. The number of aliphatic imine (C=N–C) groups is 1. The topological polar surface area (TPSA) is 57.1 Å². The summed E-state index contributed by atoms with van der Waals surface area (Å²) in [6, 6.07) is 18.2. The second kappa shape index (κ2) is 9.25. The average Bonchev–Trinajstić information content (AvgIpc) is 3.11. The highest BCUT2D eigenvalue weighted by atomic mass is 16.5. The van der Waals surface area contributed by atoms with Gasteiger partial charge in [-0.3, -0.25) is 0 Å². The molecule has 0 aliphatic carbocycles. The van der Waals surface area contributed by atoms with Gasteiger partial charge in [0.05, 0.1) is 12.6 Å². The number of aliphatic hydroxyl groups is 1. The zero-order valence-corrected chi connectivity index (χ0v) is 15.3. The third-order valence-electron chi connectivity index (χ3n) is 4.36. The SMILES string of the molecule is CCNC(=NCc1cccc(OCc2ccccc2)c1)N1CC[C@@H](O)C1. The highest BCUT2D eigenvalue weighted by Gasteiger charge is 2.22. The summed E-state index contributed by atoms with van der Waals surface area (Å²) in [5.41, 5.74) is 2.25. The largest absolute Gasteiger partial charge is 0.489 e. The molecule has 2 aromatic rings. The van der Waals surface area contributed by atoms with Crippen LogP contribution in [-0.2, 0) is 13.2 Å². The molecule has 0 aromatic heterocycles. The molecule has 138 valence electrons. The van der Waals surface area contributed by atoms with Crippen LogP contribution in [0.4, 0.5) is 0 Å². The predicted molar refractivity (Wildman–Crippen MR) is 104 cm³/mol. The van der Waals surface area contributed by atoms with Crippen LogP contribution in [-0.4, -0.2) is 41.7 Å². The molecule has 0 bridgehead atoms. The number of nitrogens with one attached hydrogen (secondary N) is 1. The Labute approximate surface area is 155 Å². The predicted octanol–water partition coefficient (Wildman–Crippen LogP) is 2.80. The summed E-state index contributed by atoms with van der Waals surface area (Å²) in [5, 5.41) is 13.1. The first-order valence-electron chi connectivity index (χ1n) is 9.21. The molecule has 0 unspecified atom stereocenters. The van der Waals surface area contributed by atoms with E-state index in [1.807, 2.05) is 36.4 Å². The van der Waals surface area contributed by atoms with E-state index in [0.29, 0.717) is 19.7 Å². The first kappa shape index (κ1) is 18.3. The molecule has 1 fully saturated rings. The van der Waals surface area contributed by atoms with Crippen molar-refractivity contribution in [2.75, 3.05) is 19.6 Å². The molecule has 2 N–H and O–H groups in total. The monoisotopic (exact) mass is 353 g/mol. The van der Waals surface area contributed by atoms with E-state index in [9.17, 15) is 5.11 Å². The lowest BCUT2D eigenvalue weighted by Gasteiger charge is -2.21. The van der Waals surface area contributed by atoms with E-state index >= 15 is 0 Å².